The number of nitrogens with one attached hydrogen (secondary N) is 1. The van der Waals surface area contributed by atoms with Crippen LogP contribution in [0, 0.1) is 33.5 Å². The third-order valence-electron chi connectivity index (χ3n) is 9.90. The quantitative estimate of drug-likeness (QED) is 0.615. The van der Waals surface area contributed by atoms with Crippen LogP contribution in [0.2, 0.25) is 0 Å². The Hall–Kier alpha value is -2.63. The number of esters is 2. The molecule has 6 nitrogen and oxygen atoms in total. The van der Waals surface area contributed by atoms with E-state index in [2.05, 4.69) is 31.8 Å². The van der Waals surface area contributed by atoms with E-state index in [9.17, 15) is 14.4 Å². The number of hydrogen-bond donors (Lipinski definition) is 1. The number of H-pyrrole nitrogens is 1. The molecule has 2 heterocycles. The minimum Gasteiger partial charge on any atom is -0.462 e. The van der Waals surface area contributed by atoms with Gasteiger partial charge in [0.05, 0.1) is 0 Å². The summed E-state index contributed by atoms with van der Waals surface area (Å²) in [6.45, 7) is 12.1. The molecule has 5 rings (SSSR count). The molecule has 6 heteroatoms. The minimum atomic E-state index is -0.571. The van der Waals surface area contributed by atoms with E-state index in [1.165, 1.54) is 6.92 Å². The maximum atomic E-state index is 12.9. The summed E-state index contributed by atoms with van der Waals surface area (Å²) in [5.74, 6) is -0.444. The number of rotatable bonds is 2. The molecular formula is C28H35NO5. The van der Waals surface area contributed by atoms with Gasteiger partial charge in [-0.05, 0) is 54.2 Å². The monoisotopic (exact) mass is 465 g/mol. The molecule has 0 amide bonds. The van der Waals surface area contributed by atoms with Crippen molar-refractivity contribution in [1.29, 1.82) is 0 Å². The first-order chi connectivity index (χ1) is 15.8. The molecule has 182 valence electrons. The SMILES string of the molecule is CC(=O)O[C@@H]1CC2C(C)(C)C(=O)C=C[C@]2(C)C2CC[C@]3(C)C(=CC(=O)O[C@H]3c3cc[nH]c3)[C@@]21C. The number of aromatic amines is 1. The van der Waals surface area contributed by atoms with Crippen LogP contribution >= 0.6 is 0 Å². The number of carbonyl (C=O) groups is 3. The first kappa shape index (κ1) is 23.1. The lowest BCUT2D eigenvalue weighted by Crippen LogP contribution is -2.65. The third kappa shape index (κ3) is 2.89. The molecule has 0 saturated heterocycles. The van der Waals surface area contributed by atoms with Crippen molar-refractivity contribution in [3.63, 3.8) is 0 Å². The van der Waals surface area contributed by atoms with Gasteiger partial charge in [0, 0.05) is 47.2 Å². The topological polar surface area (TPSA) is 85.5 Å². The van der Waals surface area contributed by atoms with E-state index in [1.807, 2.05) is 32.3 Å². The van der Waals surface area contributed by atoms with Gasteiger partial charge in [0.2, 0.25) is 0 Å². The van der Waals surface area contributed by atoms with Crippen LogP contribution in [0.1, 0.15) is 72.5 Å². The number of aromatic nitrogens is 1. The third-order valence-corrected chi connectivity index (χ3v) is 9.90. The van der Waals surface area contributed by atoms with Crippen LogP contribution in [0.25, 0.3) is 0 Å². The summed E-state index contributed by atoms with van der Waals surface area (Å²) in [5.41, 5.74) is 0.128. The molecule has 7 atom stereocenters. The number of fused-ring (bicyclic) bond motifs is 5. The predicted molar refractivity (Wildman–Crippen MR) is 126 cm³/mol. The largest absolute Gasteiger partial charge is 0.462 e. The smallest absolute Gasteiger partial charge is 0.331 e. The van der Waals surface area contributed by atoms with Crippen LogP contribution in [0.15, 0.2) is 42.3 Å². The Morgan fingerprint density at radius 3 is 2.53 bits per heavy atom. The molecule has 1 aromatic rings. The standard InChI is InChI=1S/C28H35NO5/c1-16(30)33-22-13-19-25(2,3)21(31)8-11-26(19,4)18-7-10-27(5)20(28(18,22)6)14-23(32)34-24(27)17-9-12-29-15-17/h8-9,11-12,14-15,18-19,22,24,29H,7,10,13H2,1-6H3/t18?,19?,22-,24+,26-,27-,28-/m1/s1. The molecule has 1 aromatic heterocycles. The Labute approximate surface area is 201 Å². The minimum absolute atomic E-state index is 0.0286. The van der Waals surface area contributed by atoms with Gasteiger partial charge in [-0.15, -0.1) is 0 Å². The van der Waals surface area contributed by atoms with Crippen molar-refractivity contribution in [1.82, 2.24) is 4.98 Å². The molecule has 0 spiro atoms. The highest BCUT2D eigenvalue weighted by Crippen LogP contribution is 2.71. The molecule has 4 aliphatic rings. The van der Waals surface area contributed by atoms with Gasteiger partial charge in [-0.2, -0.15) is 0 Å². The lowest BCUT2D eigenvalue weighted by Gasteiger charge is -2.67. The van der Waals surface area contributed by atoms with E-state index in [1.54, 1.807) is 12.2 Å². The summed E-state index contributed by atoms with van der Waals surface area (Å²) < 4.78 is 12.0. The van der Waals surface area contributed by atoms with Crippen LogP contribution in [-0.4, -0.2) is 28.8 Å². The zero-order chi connectivity index (χ0) is 24.7. The van der Waals surface area contributed by atoms with E-state index < -0.39 is 28.5 Å². The highest BCUT2D eigenvalue weighted by molar-refractivity contribution is 5.96. The van der Waals surface area contributed by atoms with Gasteiger partial charge in [-0.1, -0.05) is 40.7 Å². The second-order valence-corrected chi connectivity index (χ2v) is 12.0. The van der Waals surface area contributed by atoms with Gasteiger partial charge < -0.3 is 14.5 Å². The zero-order valence-corrected chi connectivity index (χ0v) is 20.9. The summed E-state index contributed by atoms with van der Waals surface area (Å²) >= 11 is 0. The second kappa shape index (κ2) is 7.19. The average Bonchev–Trinajstić information content (AvgIpc) is 3.28. The van der Waals surface area contributed by atoms with Gasteiger partial charge >= 0.3 is 11.9 Å². The molecule has 0 radical (unpaired) electrons. The number of hydrogen-bond acceptors (Lipinski definition) is 5. The van der Waals surface area contributed by atoms with E-state index in [-0.39, 0.29) is 35.0 Å². The van der Waals surface area contributed by atoms with E-state index in [0.29, 0.717) is 6.42 Å². The Morgan fingerprint density at radius 1 is 1.15 bits per heavy atom. The highest BCUT2D eigenvalue weighted by atomic mass is 16.5. The number of allylic oxidation sites excluding steroid dienone is 2. The molecule has 2 fully saturated rings. The second-order valence-electron chi connectivity index (χ2n) is 12.0. The maximum absolute atomic E-state index is 12.9. The predicted octanol–water partition coefficient (Wildman–Crippen LogP) is 5.08. The van der Waals surface area contributed by atoms with Crippen molar-refractivity contribution in [2.75, 3.05) is 0 Å². The van der Waals surface area contributed by atoms with E-state index in [0.717, 1.165) is 24.0 Å². The Morgan fingerprint density at radius 2 is 1.88 bits per heavy atom. The molecule has 3 aliphatic carbocycles. The Balaban J connectivity index is 1.70. The molecule has 1 aliphatic heterocycles. The first-order valence-electron chi connectivity index (χ1n) is 12.3. The Bertz CT molecular complexity index is 1110. The summed E-state index contributed by atoms with van der Waals surface area (Å²) in [7, 11) is 0. The molecule has 2 saturated carbocycles. The number of carbonyl (C=O) groups excluding carboxylic acids is 3. The van der Waals surface area contributed by atoms with Crippen LogP contribution in [-0.2, 0) is 23.9 Å². The number of ether oxygens (including phenoxy) is 2. The summed E-state index contributed by atoms with van der Waals surface area (Å²) in [5, 5.41) is 0. The van der Waals surface area contributed by atoms with Gasteiger partial charge in [-0.3, -0.25) is 9.59 Å². The van der Waals surface area contributed by atoms with Gasteiger partial charge in [-0.25, -0.2) is 4.79 Å². The summed E-state index contributed by atoms with van der Waals surface area (Å²) in [6.07, 6.45) is 10.7. The van der Waals surface area contributed by atoms with Crippen molar-refractivity contribution in [2.24, 2.45) is 33.5 Å². The van der Waals surface area contributed by atoms with Crippen LogP contribution in [0.5, 0.6) is 0 Å². The van der Waals surface area contributed by atoms with Crippen LogP contribution in [0.3, 0.4) is 0 Å². The van der Waals surface area contributed by atoms with Crippen molar-refractivity contribution >= 4 is 17.7 Å². The van der Waals surface area contributed by atoms with E-state index >= 15 is 0 Å². The fraction of sp³-hybridized carbons (Fsp3) is 0.607. The number of ketones is 1. The summed E-state index contributed by atoms with van der Waals surface area (Å²) in [6, 6.07) is 1.96. The molecule has 0 aromatic carbocycles. The summed E-state index contributed by atoms with van der Waals surface area (Å²) in [4.78, 5) is 41.3. The first-order valence-corrected chi connectivity index (χ1v) is 12.3. The van der Waals surface area contributed by atoms with Crippen molar-refractivity contribution in [3.05, 3.63) is 47.8 Å². The van der Waals surface area contributed by atoms with Gasteiger partial charge in [0.25, 0.3) is 0 Å². The van der Waals surface area contributed by atoms with Crippen molar-refractivity contribution in [2.45, 2.75) is 73.0 Å². The molecule has 34 heavy (non-hydrogen) atoms. The zero-order valence-electron chi connectivity index (χ0n) is 20.9. The molecular weight excluding hydrogens is 430 g/mol. The van der Waals surface area contributed by atoms with Gasteiger partial charge in [0.1, 0.15) is 12.2 Å². The van der Waals surface area contributed by atoms with Crippen LogP contribution in [0.4, 0.5) is 0 Å². The fourth-order valence-electron chi connectivity index (χ4n) is 8.24. The maximum Gasteiger partial charge on any atom is 0.331 e. The van der Waals surface area contributed by atoms with Crippen molar-refractivity contribution in [3.8, 4) is 0 Å². The van der Waals surface area contributed by atoms with Crippen molar-refractivity contribution < 1.29 is 23.9 Å². The molecule has 0 bridgehead atoms. The van der Waals surface area contributed by atoms with Gasteiger partial charge in [0.15, 0.2) is 5.78 Å². The number of cyclic esters (lactones) is 1. The fourth-order valence-corrected chi connectivity index (χ4v) is 8.24. The molecule has 1 N–H and O–H groups in total. The van der Waals surface area contributed by atoms with E-state index in [4.69, 9.17) is 9.47 Å². The van der Waals surface area contributed by atoms with Crippen LogP contribution < -0.4 is 0 Å². The Kier molecular flexibility index (Phi) is 4.89. The lowest BCUT2D eigenvalue weighted by molar-refractivity contribution is -0.195. The average molecular weight is 466 g/mol. The molecule has 2 unspecified atom stereocenters. The lowest BCUT2D eigenvalue weighted by atomic mass is 9.38. The normalized spacial score (nSPS) is 42.6. The highest BCUT2D eigenvalue weighted by Gasteiger charge is 2.68.